The Morgan fingerprint density at radius 3 is 2.54 bits per heavy atom. The molecule has 2 aliphatic rings. The molecule has 2 heterocycles. The molecule has 0 aliphatic carbocycles. The molecule has 0 spiro atoms. The first kappa shape index (κ1) is 17.3. The molecule has 1 N–H and O–H groups in total. The van der Waals surface area contributed by atoms with Gasteiger partial charge in [0.25, 0.3) is 0 Å². The van der Waals surface area contributed by atoms with Gasteiger partial charge in [-0.15, -0.1) is 0 Å². The highest BCUT2D eigenvalue weighted by atomic mass is 16.6. The Morgan fingerprint density at radius 1 is 0.962 bits per heavy atom. The van der Waals surface area contributed by atoms with Crippen molar-refractivity contribution in [1.82, 2.24) is 0 Å². The standard InChI is InChI=1S/C23H29NO2/c1-15(2)18-5-4-17-6-8-20(24-21(17)13-18)12-16(3)19-7-9-22-23(14-19)26-11-10-25-22/h4-5,7,9,13-16,20,24H,6,8,10-12H2,1-3H3. The first-order chi connectivity index (χ1) is 12.6. The second-order valence-electron chi connectivity index (χ2n) is 7.99. The minimum Gasteiger partial charge on any atom is -0.486 e. The molecule has 3 nitrogen and oxygen atoms in total. The van der Waals surface area contributed by atoms with Gasteiger partial charge >= 0.3 is 0 Å². The maximum atomic E-state index is 5.75. The molecule has 0 saturated carbocycles. The van der Waals surface area contributed by atoms with E-state index in [2.05, 4.69) is 62.5 Å². The minimum atomic E-state index is 0.484. The molecule has 0 amide bonds. The lowest BCUT2D eigenvalue weighted by Gasteiger charge is -2.30. The van der Waals surface area contributed by atoms with E-state index in [9.17, 15) is 0 Å². The molecule has 0 aromatic heterocycles. The molecule has 0 bridgehead atoms. The highest BCUT2D eigenvalue weighted by Gasteiger charge is 2.22. The van der Waals surface area contributed by atoms with Crippen molar-refractivity contribution in [2.45, 2.75) is 57.9 Å². The van der Waals surface area contributed by atoms with Crippen LogP contribution in [0.1, 0.15) is 62.1 Å². The van der Waals surface area contributed by atoms with E-state index < -0.39 is 0 Å². The molecule has 2 aliphatic heterocycles. The third-order valence-electron chi connectivity index (χ3n) is 5.70. The lowest BCUT2D eigenvalue weighted by atomic mass is 9.87. The van der Waals surface area contributed by atoms with Crippen LogP contribution in [0.2, 0.25) is 0 Å². The zero-order valence-electron chi connectivity index (χ0n) is 16.0. The number of ether oxygens (including phenoxy) is 2. The van der Waals surface area contributed by atoms with E-state index in [1.807, 2.05) is 0 Å². The summed E-state index contributed by atoms with van der Waals surface area (Å²) in [6, 6.07) is 13.9. The lowest BCUT2D eigenvalue weighted by Crippen LogP contribution is -2.27. The summed E-state index contributed by atoms with van der Waals surface area (Å²) < 4.78 is 11.4. The predicted octanol–water partition coefficient (Wildman–Crippen LogP) is 5.50. The van der Waals surface area contributed by atoms with Crippen LogP contribution in [-0.4, -0.2) is 19.3 Å². The summed E-state index contributed by atoms with van der Waals surface area (Å²) in [4.78, 5) is 0. The van der Waals surface area contributed by atoms with Crippen molar-refractivity contribution in [2.75, 3.05) is 18.5 Å². The smallest absolute Gasteiger partial charge is 0.161 e. The zero-order valence-corrected chi connectivity index (χ0v) is 16.0. The van der Waals surface area contributed by atoms with Crippen LogP contribution in [0.15, 0.2) is 36.4 Å². The highest BCUT2D eigenvalue weighted by Crippen LogP contribution is 2.36. The van der Waals surface area contributed by atoms with E-state index in [-0.39, 0.29) is 0 Å². The lowest BCUT2D eigenvalue weighted by molar-refractivity contribution is 0.171. The maximum absolute atomic E-state index is 5.75. The van der Waals surface area contributed by atoms with Crippen LogP contribution in [0.5, 0.6) is 11.5 Å². The van der Waals surface area contributed by atoms with Crippen LogP contribution in [0.25, 0.3) is 0 Å². The molecule has 2 aromatic carbocycles. The molecule has 0 radical (unpaired) electrons. The number of benzene rings is 2. The monoisotopic (exact) mass is 351 g/mol. The van der Waals surface area contributed by atoms with E-state index in [0.717, 1.165) is 17.9 Å². The summed E-state index contributed by atoms with van der Waals surface area (Å²) in [7, 11) is 0. The van der Waals surface area contributed by atoms with Crippen molar-refractivity contribution in [3.63, 3.8) is 0 Å². The van der Waals surface area contributed by atoms with Gasteiger partial charge in [0.15, 0.2) is 11.5 Å². The van der Waals surface area contributed by atoms with E-state index in [1.54, 1.807) is 0 Å². The Labute approximate surface area is 156 Å². The molecular formula is C23H29NO2. The Morgan fingerprint density at radius 2 is 1.73 bits per heavy atom. The molecule has 0 fully saturated rings. The molecule has 138 valence electrons. The van der Waals surface area contributed by atoms with Crippen molar-refractivity contribution in [1.29, 1.82) is 0 Å². The van der Waals surface area contributed by atoms with Crippen LogP contribution < -0.4 is 14.8 Å². The topological polar surface area (TPSA) is 30.5 Å². The van der Waals surface area contributed by atoms with Gasteiger partial charge in [-0.05, 0) is 66.0 Å². The quantitative estimate of drug-likeness (QED) is 0.789. The zero-order chi connectivity index (χ0) is 18.1. The van der Waals surface area contributed by atoms with Gasteiger partial charge in [-0.25, -0.2) is 0 Å². The molecule has 26 heavy (non-hydrogen) atoms. The number of fused-ring (bicyclic) bond motifs is 2. The Kier molecular flexibility index (Phi) is 4.80. The first-order valence-corrected chi connectivity index (χ1v) is 9.89. The van der Waals surface area contributed by atoms with Gasteiger partial charge in [0.05, 0.1) is 0 Å². The largest absolute Gasteiger partial charge is 0.486 e. The average Bonchev–Trinajstić information content (AvgIpc) is 2.67. The fraction of sp³-hybridized carbons (Fsp3) is 0.478. The molecule has 2 atom stereocenters. The molecule has 3 heteroatoms. The number of anilines is 1. The summed E-state index contributed by atoms with van der Waals surface area (Å²) in [6.07, 6.45) is 3.49. The van der Waals surface area contributed by atoms with E-state index in [4.69, 9.17) is 9.47 Å². The molecule has 4 rings (SSSR count). The number of hydrogen-bond acceptors (Lipinski definition) is 3. The summed E-state index contributed by atoms with van der Waals surface area (Å²) >= 11 is 0. The molecule has 2 unspecified atom stereocenters. The summed E-state index contributed by atoms with van der Waals surface area (Å²) in [5.41, 5.74) is 5.54. The fourth-order valence-corrected chi connectivity index (χ4v) is 4.03. The maximum Gasteiger partial charge on any atom is 0.161 e. The van der Waals surface area contributed by atoms with Gasteiger partial charge in [-0.1, -0.05) is 39.0 Å². The van der Waals surface area contributed by atoms with Gasteiger partial charge in [0.1, 0.15) is 13.2 Å². The number of aryl methyl sites for hydroxylation is 1. The van der Waals surface area contributed by atoms with Crippen molar-refractivity contribution >= 4 is 5.69 Å². The minimum absolute atomic E-state index is 0.484. The first-order valence-electron chi connectivity index (χ1n) is 9.89. The summed E-state index contributed by atoms with van der Waals surface area (Å²) in [5, 5.41) is 3.80. The number of rotatable bonds is 4. The van der Waals surface area contributed by atoms with Crippen LogP contribution >= 0.6 is 0 Å². The normalized spacial score (nSPS) is 19.6. The van der Waals surface area contributed by atoms with Gasteiger partial charge in [-0.2, -0.15) is 0 Å². The second-order valence-corrected chi connectivity index (χ2v) is 7.99. The van der Waals surface area contributed by atoms with Crippen LogP contribution in [0.4, 0.5) is 5.69 Å². The van der Waals surface area contributed by atoms with Crippen LogP contribution in [-0.2, 0) is 6.42 Å². The van der Waals surface area contributed by atoms with Gasteiger partial charge in [0, 0.05) is 11.7 Å². The highest BCUT2D eigenvalue weighted by molar-refractivity contribution is 5.56. The molecular weight excluding hydrogens is 322 g/mol. The Bertz CT molecular complexity index is 784. The third kappa shape index (κ3) is 3.53. The van der Waals surface area contributed by atoms with Crippen molar-refractivity contribution in [3.05, 3.63) is 53.1 Å². The average molecular weight is 351 g/mol. The van der Waals surface area contributed by atoms with E-state index >= 15 is 0 Å². The van der Waals surface area contributed by atoms with Crippen LogP contribution in [0, 0.1) is 0 Å². The predicted molar refractivity (Wildman–Crippen MR) is 107 cm³/mol. The van der Waals surface area contributed by atoms with E-state index in [0.29, 0.717) is 31.1 Å². The van der Waals surface area contributed by atoms with Crippen molar-refractivity contribution < 1.29 is 9.47 Å². The van der Waals surface area contributed by atoms with Gasteiger partial charge in [-0.3, -0.25) is 0 Å². The molecule has 2 aromatic rings. The fourth-order valence-electron chi connectivity index (χ4n) is 4.03. The van der Waals surface area contributed by atoms with Crippen LogP contribution in [0.3, 0.4) is 0 Å². The van der Waals surface area contributed by atoms with Crippen molar-refractivity contribution in [2.24, 2.45) is 0 Å². The van der Waals surface area contributed by atoms with Crippen molar-refractivity contribution in [3.8, 4) is 11.5 Å². The molecule has 0 saturated heterocycles. The summed E-state index contributed by atoms with van der Waals surface area (Å²) in [6.45, 7) is 8.11. The van der Waals surface area contributed by atoms with Gasteiger partial charge in [0.2, 0.25) is 0 Å². The Hall–Kier alpha value is -2.16. The third-order valence-corrected chi connectivity index (χ3v) is 5.70. The second kappa shape index (κ2) is 7.22. The SMILES string of the molecule is CC(C)c1ccc2c(c1)NC(CC(C)c1ccc3c(c1)OCCO3)CC2. The van der Waals surface area contributed by atoms with E-state index in [1.165, 1.54) is 35.2 Å². The number of hydrogen-bond donors (Lipinski definition) is 1. The van der Waals surface area contributed by atoms with Gasteiger partial charge < -0.3 is 14.8 Å². The number of nitrogens with one attached hydrogen (secondary N) is 1. The summed E-state index contributed by atoms with van der Waals surface area (Å²) in [5.74, 6) is 2.82. The Balaban J connectivity index is 1.45.